The van der Waals surface area contributed by atoms with Crippen LogP contribution in [-0.4, -0.2) is 43.3 Å². The number of rotatable bonds is 6. The minimum Gasteiger partial charge on any atom is -0.497 e. The van der Waals surface area contributed by atoms with Crippen LogP contribution >= 0.6 is 0 Å². The molecular weight excluding hydrogens is 349 g/mol. The zero-order valence-electron chi connectivity index (χ0n) is 15.3. The molecule has 0 fully saturated rings. The van der Waals surface area contributed by atoms with E-state index in [1.54, 1.807) is 37.4 Å². The second kappa shape index (κ2) is 8.22. The van der Waals surface area contributed by atoms with Crippen molar-refractivity contribution in [1.29, 1.82) is 0 Å². The van der Waals surface area contributed by atoms with Crippen LogP contribution in [0.25, 0.3) is 5.57 Å². The van der Waals surface area contributed by atoms with Gasteiger partial charge in [0.15, 0.2) is 0 Å². The van der Waals surface area contributed by atoms with Crippen LogP contribution in [0.1, 0.15) is 23.6 Å². The Hall–Kier alpha value is -2.86. The number of ether oxygens (including phenoxy) is 2. The Kier molecular flexibility index (Phi) is 5.76. The molecule has 0 saturated carbocycles. The first-order valence-electron chi connectivity index (χ1n) is 8.67. The highest BCUT2D eigenvalue weighted by Crippen LogP contribution is 2.35. The highest BCUT2D eigenvalue weighted by Gasteiger charge is 2.31. The molecule has 142 valence electrons. The first-order chi connectivity index (χ1) is 13.0. The van der Waals surface area contributed by atoms with E-state index in [0.717, 1.165) is 11.1 Å². The molecule has 1 aliphatic heterocycles. The van der Waals surface area contributed by atoms with Gasteiger partial charge in [-0.1, -0.05) is 18.2 Å². The third kappa shape index (κ3) is 4.11. The van der Waals surface area contributed by atoms with Gasteiger partial charge in [0.2, 0.25) is 0 Å². The zero-order valence-corrected chi connectivity index (χ0v) is 15.3. The van der Waals surface area contributed by atoms with Crippen molar-refractivity contribution in [2.24, 2.45) is 0 Å². The van der Waals surface area contributed by atoms with Crippen molar-refractivity contribution in [2.75, 3.05) is 27.3 Å². The van der Waals surface area contributed by atoms with E-state index < -0.39 is 12.0 Å². The summed E-state index contributed by atoms with van der Waals surface area (Å²) in [5, 5.41) is 9.85. The molecule has 1 aliphatic rings. The highest BCUT2D eigenvalue weighted by molar-refractivity contribution is 5.77. The summed E-state index contributed by atoms with van der Waals surface area (Å²) >= 11 is 0. The fourth-order valence-electron chi connectivity index (χ4n) is 3.38. The normalized spacial score (nSPS) is 15.7. The van der Waals surface area contributed by atoms with E-state index in [1.807, 2.05) is 11.0 Å². The molecule has 0 spiro atoms. The molecule has 3 rings (SSSR count). The van der Waals surface area contributed by atoms with Crippen LogP contribution in [0.4, 0.5) is 4.39 Å². The van der Waals surface area contributed by atoms with Crippen molar-refractivity contribution in [3.8, 4) is 11.5 Å². The Bertz CT molecular complexity index is 848. The Morgan fingerprint density at radius 3 is 2.44 bits per heavy atom. The molecule has 1 atom stereocenters. The van der Waals surface area contributed by atoms with Crippen LogP contribution < -0.4 is 9.47 Å². The Balaban J connectivity index is 1.85. The molecular formula is C21H22FNO4. The SMILES string of the molecule is COc1ccc([C@H](C(=O)O)N2CC=C(c3ccc(F)cc3)CC2)c(OC)c1. The molecule has 0 bridgehead atoms. The molecule has 0 aliphatic carbocycles. The topological polar surface area (TPSA) is 59.0 Å². The molecule has 0 unspecified atom stereocenters. The number of carboxylic acid groups (broad SMARTS) is 1. The lowest BCUT2D eigenvalue weighted by Gasteiger charge is -2.32. The van der Waals surface area contributed by atoms with Gasteiger partial charge in [-0.05, 0) is 41.8 Å². The van der Waals surface area contributed by atoms with Crippen LogP contribution in [0.5, 0.6) is 11.5 Å². The number of carbonyl (C=O) groups is 1. The van der Waals surface area contributed by atoms with Crippen molar-refractivity contribution in [3.05, 3.63) is 65.5 Å². The van der Waals surface area contributed by atoms with Gasteiger partial charge < -0.3 is 14.6 Å². The van der Waals surface area contributed by atoms with E-state index >= 15 is 0 Å². The number of aliphatic carboxylic acids is 1. The predicted molar refractivity (Wildman–Crippen MR) is 100 cm³/mol. The summed E-state index contributed by atoms with van der Waals surface area (Å²) in [5.41, 5.74) is 2.64. The Labute approximate surface area is 157 Å². The monoisotopic (exact) mass is 371 g/mol. The van der Waals surface area contributed by atoms with Crippen molar-refractivity contribution >= 4 is 11.5 Å². The molecule has 2 aromatic rings. The largest absolute Gasteiger partial charge is 0.497 e. The molecule has 0 radical (unpaired) electrons. The quantitative estimate of drug-likeness (QED) is 0.838. The molecule has 0 amide bonds. The first-order valence-corrected chi connectivity index (χ1v) is 8.67. The van der Waals surface area contributed by atoms with Crippen LogP contribution in [0.3, 0.4) is 0 Å². The van der Waals surface area contributed by atoms with Crippen LogP contribution in [0.15, 0.2) is 48.5 Å². The third-order valence-electron chi connectivity index (χ3n) is 4.79. The van der Waals surface area contributed by atoms with Gasteiger partial charge in [0.1, 0.15) is 23.4 Å². The van der Waals surface area contributed by atoms with Gasteiger partial charge in [0.05, 0.1) is 14.2 Å². The van der Waals surface area contributed by atoms with E-state index in [4.69, 9.17) is 9.47 Å². The summed E-state index contributed by atoms with van der Waals surface area (Å²) in [6.45, 7) is 1.06. The third-order valence-corrected chi connectivity index (χ3v) is 4.79. The molecule has 1 N–H and O–H groups in total. The number of nitrogens with zero attached hydrogens (tertiary/aromatic N) is 1. The smallest absolute Gasteiger partial charge is 0.325 e. The lowest BCUT2D eigenvalue weighted by atomic mass is 9.96. The highest BCUT2D eigenvalue weighted by atomic mass is 19.1. The minimum absolute atomic E-state index is 0.269. The number of hydrogen-bond donors (Lipinski definition) is 1. The summed E-state index contributed by atoms with van der Waals surface area (Å²) in [6, 6.07) is 10.7. The predicted octanol–water partition coefficient (Wildman–Crippen LogP) is 3.76. The van der Waals surface area contributed by atoms with Crippen LogP contribution in [0.2, 0.25) is 0 Å². The maximum atomic E-state index is 13.1. The van der Waals surface area contributed by atoms with E-state index in [2.05, 4.69) is 0 Å². The van der Waals surface area contributed by atoms with Gasteiger partial charge in [-0.2, -0.15) is 0 Å². The maximum Gasteiger partial charge on any atom is 0.325 e. The van der Waals surface area contributed by atoms with Gasteiger partial charge in [-0.3, -0.25) is 9.69 Å². The lowest BCUT2D eigenvalue weighted by Crippen LogP contribution is -2.37. The van der Waals surface area contributed by atoms with Gasteiger partial charge in [-0.25, -0.2) is 4.39 Å². The fourth-order valence-corrected chi connectivity index (χ4v) is 3.38. The van der Waals surface area contributed by atoms with Gasteiger partial charge >= 0.3 is 5.97 Å². The average molecular weight is 371 g/mol. The fraction of sp³-hybridized carbons (Fsp3) is 0.286. The number of methoxy groups -OCH3 is 2. The van der Waals surface area contributed by atoms with Crippen LogP contribution in [0, 0.1) is 5.82 Å². The summed E-state index contributed by atoms with van der Waals surface area (Å²) in [7, 11) is 3.06. The Morgan fingerprint density at radius 1 is 1.15 bits per heavy atom. The average Bonchev–Trinajstić information content (AvgIpc) is 2.69. The van der Waals surface area contributed by atoms with Crippen LogP contribution in [-0.2, 0) is 4.79 Å². The summed E-state index contributed by atoms with van der Waals surface area (Å²) in [6.07, 6.45) is 2.69. The molecule has 27 heavy (non-hydrogen) atoms. The van der Waals surface area contributed by atoms with E-state index in [-0.39, 0.29) is 5.82 Å². The molecule has 2 aromatic carbocycles. The number of benzene rings is 2. The van der Waals surface area contributed by atoms with Crippen molar-refractivity contribution in [3.63, 3.8) is 0 Å². The van der Waals surface area contributed by atoms with Gasteiger partial charge in [0, 0.05) is 24.7 Å². The minimum atomic E-state index is -0.933. The number of halogens is 1. The van der Waals surface area contributed by atoms with Gasteiger partial charge in [0.25, 0.3) is 0 Å². The zero-order chi connectivity index (χ0) is 19.4. The summed E-state index contributed by atoms with van der Waals surface area (Å²) in [4.78, 5) is 13.9. The van der Waals surface area contributed by atoms with Crippen molar-refractivity contribution in [1.82, 2.24) is 4.90 Å². The van der Waals surface area contributed by atoms with E-state index in [9.17, 15) is 14.3 Å². The van der Waals surface area contributed by atoms with Crippen molar-refractivity contribution < 1.29 is 23.8 Å². The van der Waals surface area contributed by atoms with E-state index in [0.29, 0.717) is 36.6 Å². The summed E-state index contributed by atoms with van der Waals surface area (Å²) < 4.78 is 23.7. The second-order valence-corrected chi connectivity index (χ2v) is 6.33. The van der Waals surface area contributed by atoms with Gasteiger partial charge in [-0.15, -0.1) is 0 Å². The molecule has 5 nitrogen and oxygen atoms in total. The number of hydrogen-bond acceptors (Lipinski definition) is 4. The standard InChI is InChI=1S/C21H22FNO4/c1-26-17-7-8-18(19(13-17)27-2)20(21(24)25)23-11-9-15(10-12-23)14-3-5-16(22)6-4-14/h3-9,13,20H,10-12H2,1-2H3,(H,24,25)/t20-/m1/s1. The second-order valence-electron chi connectivity index (χ2n) is 6.33. The molecule has 0 saturated heterocycles. The molecule has 6 heteroatoms. The first kappa shape index (κ1) is 18.9. The maximum absolute atomic E-state index is 13.1. The summed E-state index contributed by atoms with van der Waals surface area (Å²) in [5.74, 6) is -0.113. The Morgan fingerprint density at radius 2 is 1.89 bits per heavy atom. The number of carboxylic acids is 1. The van der Waals surface area contributed by atoms with E-state index in [1.165, 1.54) is 19.2 Å². The molecule has 0 aromatic heterocycles. The lowest BCUT2D eigenvalue weighted by molar-refractivity contribution is -0.143. The molecule has 1 heterocycles. The van der Waals surface area contributed by atoms with Crippen molar-refractivity contribution in [2.45, 2.75) is 12.5 Å².